The molecule has 2 N–H and O–H groups in total. The van der Waals surface area contributed by atoms with E-state index in [1.807, 2.05) is 0 Å². The first kappa shape index (κ1) is 11.5. The largest absolute Gasteiger partial charge is 0.480 e. The molecule has 0 aromatic rings. The Morgan fingerprint density at radius 1 is 1.57 bits per heavy atom. The molecule has 0 spiro atoms. The summed E-state index contributed by atoms with van der Waals surface area (Å²) in [7, 11) is 0. The first-order valence-corrected chi connectivity index (χ1v) is 5.43. The minimum atomic E-state index is -0.700. The second-order valence-corrected chi connectivity index (χ2v) is 3.80. The summed E-state index contributed by atoms with van der Waals surface area (Å²) in [5.41, 5.74) is 0. The van der Waals surface area contributed by atoms with Gasteiger partial charge in [-0.15, -0.1) is 0 Å². The van der Waals surface area contributed by atoms with Crippen LogP contribution in [0.2, 0.25) is 0 Å². The minimum absolute atomic E-state index is 0.319. The fourth-order valence-electron chi connectivity index (χ4n) is 1.82. The Labute approximate surface area is 85.3 Å². The summed E-state index contributed by atoms with van der Waals surface area (Å²) >= 11 is 0. The number of hydrogen-bond acceptors (Lipinski definition) is 3. The molecule has 82 valence electrons. The molecular formula is C10H20N2O2. The van der Waals surface area contributed by atoms with Gasteiger partial charge in [-0.2, -0.15) is 0 Å². The normalized spacial score (nSPS) is 23.6. The monoisotopic (exact) mass is 200 g/mol. The summed E-state index contributed by atoms with van der Waals surface area (Å²) in [5.74, 6) is -0.700. The summed E-state index contributed by atoms with van der Waals surface area (Å²) in [6.07, 6.45) is 3.49. The molecule has 4 nitrogen and oxygen atoms in total. The standard InChI is InChI=1S/C10H20N2O2/c1-2-3-4-6-12-7-5-11-8-9(12)10(13)14/h9,11H,2-8H2,1H3,(H,13,14). The van der Waals surface area contributed by atoms with Crippen molar-refractivity contribution >= 4 is 5.97 Å². The summed E-state index contributed by atoms with van der Waals surface area (Å²) in [6, 6.07) is -0.319. The number of aliphatic carboxylic acids is 1. The lowest BCUT2D eigenvalue weighted by atomic mass is 10.1. The highest BCUT2D eigenvalue weighted by atomic mass is 16.4. The molecule has 4 heteroatoms. The van der Waals surface area contributed by atoms with Crippen LogP contribution in [-0.4, -0.2) is 48.2 Å². The van der Waals surface area contributed by atoms with Crippen molar-refractivity contribution in [2.24, 2.45) is 0 Å². The predicted octanol–water partition coefficient (Wildman–Crippen LogP) is 0.535. The SMILES string of the molecule is CCCCCN1CCNCC1C(=O)O. The smallest absolute Gasteiger partial charge is 0.322 e. The van der Waals surface area contributed by atoms with Gasteiger partial charge in [0.2, 0.25) is 0 Å². The number of unbranched alkanes of at least 4 members (excludes halogenated alkanes) is 2. The van der Waals surface area contributed by atoms with Gasteiger partial charge in [-0.1, -0.05) is 19.8 Å². The summed E-state index contributed by atoms with van der Waals surface area (Å²) in [5, 5.41) is 12.1. The van der Waals surface area contributed by atoms with Crippen LogP contribution < -0.4 is 5.32 Å². The zero-order valence-corrected chi connectivity index (χ0v) is 8.83. The third kappa shape index (κ3) is 3.27. The topological polar surface area (TPSA) is 52.6 Å². The van der Waals surface area contributed by atoms with Crippen LogP contribution in [0, 0.1) is 0 Å². The lowest BCUT2D eigenvalue weighted by Gasteiger charge is -2.33. The number of carboxylic acids is 1. The van der Waals surface area contributed by atoms with Gasteiger partial charge < -0.3 is 10.4 Å². The molecule has 0 radical (unpaired) electrons. The van der Waals surface area contributed by atoms with Crippen molar-refractivity contribution in [2.75, 3.05) is 26.2 Å². The lowest BCUT2D eigenvalue weighted by molar-refractivity contribution is -0.143. The molecule has 1 aliphatic heterocycles. The molecule has 1 heterocycles. The van der Waals surface area contributed by atoms with Crippen LogP contribution in [0.5, 0.6) is 0 Å². The van der Waals surface area contributed by atoms with E-state index >= 15 is 0 Å². The van der Waals surface area contributed by atoms with Crippen LogP contribution in [0.4, 0.5) is 0 Å². The van der Waals surface area contributed by atoms with Gasteiger partial charge >= 0.3 is 5.97 Å². The van der Waals surface area contributed by atoms with Crippen molar-refractivity contribution in [3.05, 3.63) is 0 Å². The van der Waals surface area contributed by atoms with Gasteiger partial charge in [-0.05, 0) is 13.0 Å². The van der Waals surface area contributed by atoms with E-state index in [0.717, 1.165) is 26.1 Å². The Morgan fingerprint density at radius 2 is 2.36 bits per heavy atom. The first-order valence-electron chi connectivity index (χ1n) is 5.43. The van der Waals surface area contributed by atoms with E-state index in [0.29, 0.717) is 6.54 Å². The third-order valence-corrected chi connectivity index (χ3v) is 2.69. The highest BCUT2D eigenvalue weighted by molar-refractivity contribution is 5.73. The summed E-state index contributed by atoms with van der Waals surface area (Å²) < 4.78 is 0. The number of piperazine rings is 1. The van der Waals surface area contributed by atoms with E-state index in [-0.39, 0.29) is 6.04 Å². The van der Waals surface area contributed by atoms with Crippen LogP contribution >= 0.6 is 0 Å². The average molecular weight is 200 g/mol. The van der Waals surface area contributed by atoms with Gasteiger partial charge in [-0.3, -0.25) is 9.69 Å². The minimum Gasteiger partial charge on any atom is -0.480 e. The summed E-state index contributed by atoms with van der Waals surface area (Å²) in [4.78, 5) is 13.0. The first-order chi connectivity index (χ1) is 6.75. The van der Waals surface area contributed by atoms with Gasteiger partial charge in [0, 0.05) is 19.6 Å². The molecule has 0 bridgehead atoms. The Kier molecular flexibility index (Phi) is 4.90. The van der Waals surface area contributed by atoms with E-state index in [1.165, 1.54) is 12.8 Å². The molecule has 1 unspecified atom stereocenters. The molecule has 0 aliphatic carbocycles. The fourth-order valence-corrected chi connectivity index (χ4v) is 1.82. The van der Waals surface area contributed by atoms with E-state index in [1.54, 1.807) is 0 Å². The Hall–Kier alpha value is -0.610. The highest BCUT2D eigenvalue weighted by Gasteiger charge is 2.27. The Balaban J connectivity index is 2.34. The zero-order chi connectivity index (χ0) is 10.4. The molecule has 14 heavy (non-hydrogen) atoms. The molecule has 1 atom stereocenters. The highest BCUT2D eigenvalue weighted by Crippen LogP contribution is 2.06. The van der Waals surface area contributed by atoms with Gasteiger partial charge in [0.15, 0.2) is 0 Å². The van der Waals surface area contributed by atoms with E-state index in [4.69, 9.17) is 5.11 Å². The molecule has 1 saturated heterocycles. The Morgan fingerprint density at radius 3 is 3.00 bits per heavy atom. The van der Waals surface area contributed by atoms with Crippen molar-refractivity contribution < 1.29 is 9.90 Å². The van der Waals surface area contributed by atoms with Crippen LogP contribution in [0.15, 0.2) is 0 Å². The lowest BCUT2D eigenvalue weighted by Crippen LogP contribution is -2.55. The van der Waals surface area contributed by atoms with Crippen LogP contribution in [-0.2, 0) is 4.79 Å². The van der Waals surface area contributed by atoms with Crippen molar-refractivity contribution in [3.63, 3.8) is 0 Å². The maximum Gasteiger partial charge on any atom is 0.322 e. The predicted molar refractivity (Wildman–Crippen MR) is 55.4 cm³/mol. The van der Waals surface area contributed by atoms with Gasteiger partial charge in [0.25, 0.3) is 0 Å². The molecule has 1 rings (SSSR count). The van der Waals surface area contributed by atoms with Crippen molar-refractivity contribution in [1.82, 2.24) is 10.2 Å². The fraction of sp³-hybridized carbons (Fsp3) is 0.900. The number of hydrogen-bond donors (Lipinski definition) is 2. The van der Waals surface area contributed by atoms with Gasteiger partial charge in [0.1, 0.15) is 6.04 Å². The van der Waals surface area contributed by atoms with E-state index in [2.05, 4.69) is 17.1 Å². The number of carbonyl (C=O) groups is 1. The summed E-state index contributed by atoms with van der Waals surface area (Å²) in [6.45, 7) is 5.44. The third-order valence-electron chi connectivity index (χ3n) is 2.69. The molecule has 1 aliphatic rings. The van der Waals surface area contributed by atoms with E-state index < -0.39 is 5.97 Å². The van der Waals surface area contributed by atoms with Crippen molar-refractivity contribution in [1.29, 1.82) is 0 Å². The number of rotatable bonds is 5. The van der Waals surface area contributed by atoms with Gasteiger partial charge in [0.05, 0.1) is 0 Å². The average Bonchev–Trinajstić information content (AvgIpc) is 2.19. The van der Waals surface area contributed by atoms with Gasteiger partial charge in [-0.25, -0.2) is 0 Å². The second-order valence-electron chi connectivity index (χ2n) is 3.80. The van der Waals surface area contributed by atoms with Crippen molar-refractivity contribution in [2.45, 2.75) is 32.2 Å². The number of nitrogens with zero attached hydrogens (tertiary/aromatic N) is 1. The van der Waals surface area contributed by atoms with Crippen LogP contribution in [0.3, 0.4) is 0 Å². The Bertz CT molecular complexity index is 185. The van der Waals surface area contributed by atoms with E-state index in [9.17, 15) is 4.79 Å². The molecule has 0 amide bonds. The molecule has 1 fully saturated rings. The quantitative estimate of drug-likeness (QED) is 0.636. The number of carboxylic acid groups (broad SMARTS) is 1. The molecule has 0 saturated carbocycles. The molecule has 0 aromatic heterocycles. The maximum atomic E-state index is 10.9. The molecule has 0 aromatic carbocycles. The maximum absolute atomic E-state index is 10.9. The molecular weight excluding hydrogens is 180 g/mol. The van der Waals surface area contributed by atoms with Crippen LogP contribution in [0.1, 0.15) is 26.2 Å². The number of nitrogens with one attached hydrogen (secondary N) is 1. The second kappa shape index (κ2) is 5.98. The zero-order valence-electron chi connectivity index (χ0n) is 8.83. The van der Waals surface area contributed by atoms with Crippen molar-refractivity contribution in [3.8, 4) is 0 Å². The van der Waals surface area contributed by atoms with Crippen LogP contribution in [0.25, 0.3) is 0 Å².